The number of benzene rings is 1. The van der Waals surface area contributed by atoms with E-state index in [0.29, 0.717) is 17.0 Å². The third kappa shape index (κ3) is 3.71. The standard InChI is InChI=1S/C18H21N2O6/c1-5-26-18(22)15-11(3)19-10(2)14(17(21)25-4)16(15)12-7-6-8-13(9-12)20(23)24/h6-9,16,19,23H,5H2,1-4H3/q-1/t16-/m1/s1. The number of dihydropyridines is 1. The molecule has 0 saturated carbocycles. The first kappa shape index (κ1) is 19.5. The van der Waals surface area contributed by atoms with Gasteiger partial charge in [0.1, 0.15) is 0 Å². The summed E-state index contributed by atoms with van der Waals surface area (Å²) in [5.74, 6) is -1.99. The predicted octanol–water partition coefficient (Wildman–Crippen LogP) is 2.35. The number of hydrogen-bond acceptors (Lipinski definition) is 8. The number of carbonyl (C=O) groups excluding carboxylic acids is 2. The first-order valence-corrected chi connectivity index (χ1v) is 8.01. The Balaban J connectivity index is 2.68. The van der Waals surface area contributed by atoms with Crippen molar-refractivity contribution in [1.29, 1.82) is 0 Å². The predicted molar refractivity (Wildman–Crippen MR) is 94.0 cm³/mol. The second-order valence-electron chi connectivity index (χ2n) is 5.72. The van der Waals surface area contributed by atoms with E-state index in [4.69, 9.17) is 9.47 Å². The molecule has 140 valence electrons. The van der Waals surface area contributed by atoms with Crippen LogP contribution in [0.3, 0.4) is 0 Å². The molecule has 0 amide bonds. The van der Waals surface area contributed by atoms with Gasteiger partial charge in [-0.05, 0) is 38.5 Å². The summed E-state index contributed by atoms with van der Waals surface area (Å²) in [6.07, 6.45) is 0. The number of methoxy groups -OCH3 is 1. The smallest absolute Gasteiger partial charge is 0.336 e. The molecule has 1 heterocycles. The van der Waals surface area contributed by atoms with E-state index in [2.05, 4.69) is 5.32 Å². The highest BCUT2D eigenvalue weighted by atomic mass is 16.8. The topological polar surface area (TPSA) is 111 Å². The lowest BCUT2D eigenvalue weighted by Crippen LogP contribution is -2.32. The van der Waals surface area contributed by atoms with E-state index in [1.165, 1.54) is 19.2 Å². The molecule has 2 rings (SSSR count). The molecule has 26 heavy (non-hydrogen) atoms. The summed E-state index contributed by atoms with van der Waals surface area (Å²) in [7, 11) is 1.25. The number of ether oxygens (including phenoxy) is 2. The Kier molecular flexibility index (Phi) is 6.01. The molecule has 8 nitrogen and oxygen atoms in total. The molecule has 0 aromatic heterocycles. The minimum atomic E-state index is -0.803. The highest BCUT2D eigenvalue weighted by molar-refractivity contribution is 5.99. The number of nitrogens with zero attached hydrogens (tertiary/aromatic N) is 1. The average molecular weight is 361 g/mol. The second-order valence-corrected chi connectivity index (χ2v) is 5.72. The second kappa shape index (κ2) is 8.03. The fraction of sp³-hybridized carbons (Fsp3) is 0.333. The van der Waals surface area contributed by atoms with Gasteiger partial charge in [-0.3, -0.25) is 5.21 Å². The van der Waals surface area contributed by atoms with Crippen molar-refractivity contribution in [3.8, 4) is 0 Å². The van der Waals surface area contributed by atoms with Gasteiger partial charge in [0.05, 0.1) is 36.5 Å². The summed E-state index contributed by atoms with van der Waals surface area (Å²) in [6, 6.07) is 6.03. The van der Waals surface area contributed by atoms with Gasteiger partial charge in [0.15, 0.2) is 0 Å². The Morgan fingerprint density at radius 1 is 1.23 bits per heavy atom. The van der Waals surface area contributed by atoms with Crippen LogP contribution in [0.15, 0.2) is 46.8 Å². The summed E-state index contributed by atoms with van der Waals surface area (Å²) in [5.41, 5.74) is 1.98. The van der Waals surface area contributed by atoms with E-state index in [9.17, 15) is 20.0 Å². The number of esters is 2. The summed E-state index contributed by atoms with van der Waals surface area (Å²) < 4.78 is 10.0. The van der Waals surface area contributed by atoms with E-state index in [1.54, 1.807) is 32.9 Å². The number of nitrogens with one attached hydrogen (secondary N) is 1. The number of rotatable bonds is 5. The van der Waals surface area contributed by atoms with Gasteiger partial charge in [-0.2, -0.15) is 0 Å². The van der Waals surface area contributed by atoms with Crippen molar-refractivity contribution in [1.82, 2.24) is 5.32 Å². The van der Waals surface area contributed by atoms with Crippen molar-refractivity contribution in [3.05, 3.63) is 57.6 Å². The molecular weight excluding hydrogens is 340 g/mol. The summed E-state index contributed by atoms with van der Waals surface area (Å²) in [4.78, 5) is 25.0. The van der Waals surface area contributed by atoms with Gasteiger partial charge in [-0.1, -0.05) is 12.1 Å². The molecular formula is C18H21N2O6-. The maximum absolute atomic E-state index is 12.6. The lowest BCUT2D eigenvalue weighted by atomic mass is 9.80. The quantitative estimate of drug-likeness (QED) is 0.607. The van der Waals surface area contributed by atoms with E-state index in [1.807, 2.05) is 0 Å². The van der Waals surface area contributed by atoms with Gasteiger partial charge in [0, 0.05) is 11.4 Å². The number of allylic oxidation sites excluding steroid dienone is 2. The van der Waals surface area contributed by atoms with E-state index in [0.717, 1.165) is 0 Å². The minimum Gasteiger partial charge on any atom is -0.733 e. The molecule has 0 bridgehead atoms. The van der Waals surface area contributed by atoms with Gasteiger partial charge in [-0.15, -0.1) is 0 Å². The highest BCUT2D eigenvalue weighted by Gasteiger charge is 2.37. The zero-order valence-electron chi connectivity index (χ0n) is 15.0. The van der Waals surface area contributed by atoms with E-state index >= 15 is 0 Å². The van der Waals surface area contributed by atoms with Crippen LogP contribution in [0.2, 0.25) is 0 Å². The van der Waals surface area contributed by atoms with E-state index in [-0.39, 0.29) is 28.7 Å². The number of carbonyl (C=O) groups is 2. The Hall–Kier alpha value is -2.84. The summed E-state index contributed by atoms with van der Waals surface area (Å²) in [5, 5.41) is 23.2. The van der Waals surface area contributed by atoms with Gasteiger partial charge < -0.3 is 25.2 Å². The lowest BCUT2D eigenvalue weighted by molar-refractivity contribution is -0.139. The van der Waals surface area contributed by atoms with Crippen molar-refractivity contribution >= 4 is 17.6 Å². The molecule has 2 N–H and O–H groups in total. The van der Waals surface area contributed by atoms with Crippen LogP contribution < -0.4 is 10.5 Å². The van der Waals surface area contributed by atoms with Crippen molar-refractivity contribution in [3.63, 3.8) is 0 Å². The minimum absolute atomic E-state index is 0.0243. The van der Waals surface area contributed by atoms with Crippen molar-refractivity contribution < 1.29 is 24.3 Å². The van der Waals surface area contributed by atoms with Crippen molar-refractivity contribution in [2.45, 2.75) is 26.7 Å². The van der Waals surface area contributed by atoms with Crippen LogP contribution in [0, 0.1) is 5.21 Å². The molecule has 0 saturated heterocycles. The van der Waals surface area contributed by atoms with Crippen LogP contribution in [-0.4, -0.2) is 30.9 Å². The SMILES string of the molecule is CCOC(=O)C1=C(C)NC(C)=C(C(=O)OC)[C@H]1c1cccc(N([O-])O)c1. The molecule has 1 aromatic rings. The third-order valence-corrected chi connectivity index (χ3v) is 4.09. The van der Waals surface area contributed by atoms with Crippen LogP contribution in [-0.2, 0) is 19.1 Å². The highest BCUT2D eigenvalue weighted by Crippen LogP contribution is 2.40. The van der Waals surface area contributed by atoms with Crippen LogP contribution in [0.4, 0.5) is 5.69 Å². The Morgan fingerprint density at radius 2 is 1.85 bits per heavy atom. The normalized spacial score (nSPS) is 16.9. The monoisotopic (exact) mass is 361 g/mol. The largest absolute Gasteiger partial charge is 0.733 e. The van der Waals surface area contributed by atoms with Crippen molar-refractivity contribution in [2.75, 3.05) is 18.9 Å². The molecule has 0 fully saturated rings. The van der Waals surface area contributed by atoms with Gasteiger partial charge in [0.25, 0.3) is 0 Å². The molecule has 0 radical (unpaired) electrons. The maximum Gasteiger partial charge on any atom is 0.336 e. The maximum atomic E-state index is 12.6. The Labute approximate surface area is 151 Å². The number of hydrogen-bond donors (Lipinski definition) is 2. The first-order valence-electron chi connectivity index (χ1n) is 8.01. The fourth-order valence-corrected chi connectivity index (χ4v) is 3.01. The molecule has 0 spiro atoms. The van der Waals surface area contributed by atoms with Crippen molar-refractivity contribution in [2.24, 2.45) is 0 Å². The first-order chi connectivity index (χ1) is 12.3. The molecule has 1 aliphatic rings. The van der Waals surface area contributed by atoms with Crippen LogP contribution in [0.25, 0.3) is 0 Å². The molecule has 0 aliphatic carbocycles. The third-order valence-electron chi connectivity index (χ3n) is 4.09. The molecule has 1 atom stereocenters. The molecule has 1 aliphatic heterocycles. The van der Waals surface area contributed by atoms with Gasteiger partial charge >= 0.3 is 11.9 Å². The Bertz CT molecular complexity index is 782. The van der Waals surface area contributed by atoms with Crippen LogP contribution in [0.5, 0.6) is 0 Å². The van der Waals surface area contributed by atoms with E-state index < -0.39 is 17.9 Å². The van der Waals surface area contributed by atoms with Crippen LogP contribution in [0.1, 0.15) is 32.3 Å². The molecule has 0 unspecified atom stereocenters. The molecule has 1 aromatic carbocycles. The van der Waals surface area contributed by atoms with Gasteiger partial charge in [0.2, 0.25) is 0 Å². The summed E-state index contributed by atoms with van der Waals surface area (Å²) in [6.45, 7) is 5.25. The zero-order chi connectivity index (χ0) is 19.4. The van der Waals surface area contributed by atoms with Gasteiger partial charge in [-0.25, -0.2) is 9.59 Å². The summed E-state index contributed by atoms with van der Waals surface area (Å²) >= 11 is 0. The van der Waals surface area contributed by atoms with Crippen LogP contribution >= 0.6 is 0 Å². The fourth-order valence-electron chi connectivity index (χ4n) is 3.01. The average Bonchev–Trinajstić information content (AvgIpc) is 2.60. The molecule has 8 heteroatoms. The number of anilines is 1. The lowest BCUT2D eigenvalue weighted by Gasteiger charge is -2.31. The Morgan fingerprint density at radius 3 is 2.38 bits per heavy atom. The zero-order valence-corrected chi connectivity index (χ0v) is 15.0.